The molecule has 112 valence electrons. The van der Waals surface area contributed by atoms with Crippen LogP contribution in [0.5, 0.6) is 0 Å². The minimum atomic E-state index is -0.581. The fourth-order valence-electron chi connectivity index (χ4n) is 2.37. The van der Waals surface area contributed by atoms with Crippen molar-refractivity contribution in [1.29, 1.82) is 0 Å². The first-order valence-electron chi connectivity index (χ1n) is 6.72. The summed E-state index contributed by atoms with van der Waals surface area (Å²) in [6, 6.07) is 2.67. The Bertz CT molecular complexity index is 434. The number of rotatable bonds is 6. The van der Waals surface area contributed by atoms with E-state index < -0.39 is 17.7 Å². The van der Waals surface area contributed by atoms with Crippen LogP contribution >= 0.6 is 0 Å². The molecule has 1 aliphatic heterocycles. The van der Waals surface area contributed by atoms with Crippen LogP contribution in [0.4, 0.5) is 14.5 Å². The van der Waals surface area contributed by atoms with Gasteiger partial charge >= 0.3 is 0 Å². The van der Waals surface area contributed by atoms with Gasteiger partial charge in [-0.3, -0.25) is 0 Å². The molecule has 4 nitrogen and oxygen atoms in total. The Kier molecular flexibility index (Phi) is 5.28. The summed E-state index contributed by atoms with van der Waals surface area (Å²) in [6.07, 6.45) is 0.0309. The second-order valence-electron chi connectivity index (χ2n) is 4.97. The lowest BCUT2D eigenvalue weighted by Crippen LogP contribution is -2.24. The molecule has 1 saturated heterocycles. The molecule has 1 heterocycles. The van der Waals surface area contributed by atoms with Gasteiger partial charge in [-0.1, -0.05) is 0 Å². The molecule has 0 saturated carbocycles. The summed E-state index contributed by atoms with van der Waals surface area (Å²) in [4.78, 5) is 1.55. The molecule has 6 heteroatoms. The largest absolute Gasteiger partial charge is 0.391 e. The summed E-state index contributed by atoms with van der Waals surface area (Å²) in [6.45, 7) is 2.31. The molecule has 0 aliphatic carbocycles. The molecule has 1 atom stereocenters. The van der Waals surface area contributed by atoms with Crippen molar-refractivity contribution >= 4 is 5.69 Å². The van der Waals surface area contributed by atoms with Gasteiger partial charge in [-0.2, -0.15) is 0 Å². The Morgan fingerprint density at radius 2 is 2.10 bits per heavy atom. The molecule has 1 aromatic carbocycles. The molecule has 2 rings (SSSR count). The van der Waals surface area contributed by atoms with Crippen LogP contribution in [-0.4, -0.2) is 44.6 Å². The average molecular weight is 286 g/mol. The number of anilines is 1. The Labute approximate surface area is 117 Å². The highest BCUT2D eigenvalue weighted by Crippen LogP contribution is 2.28. The third-order valence-electron chi connectivity index (χ3n) is 3.37. The number of ether oxygens (including phenoxy) is 1. The van der Waals surface area contributed by atoms with Crippen molar-refractivity contribution in [3.8, 4) is 0 Å². The predicted molar refractivity (Wildman–Crippen MR) is 72.8 cm³/mol. The Morgan fingerprint density at radius 1 is 1.40 bits per heavy atom. The van der Waals surface area contributed by atoms with Crippen molar-refractivity contribution in [2.24, 2.45) is 0 Å². The van der Waals surface area contributed by atoms with Crippen LogP contribution in [0.25, 0.3) is 0 Å². The number of nitrogens with zero attached hydrogens (tertiary/aromatic N) is 1. The maximum atomic E-state index is 14.0. The maximum absolute atomic E-state index is 14.0. The molecule has 1 fully saturated rings. The monoisotopic (exact) mass is 286 g/mol. The van der Waals surface area contributed by atoms with Crippen LogP contribution in [0.2, 0.25) is 0 Å². The highest BCUT2D eigenvalue weighted by Gasteiger charge is 2.25. The first-order chi connectivity index (χ1) is 9.61. The van der Waals surface area contributed by atoms with Gasteiger partial charge in [0.25, 0.3) is 0 Å². The average Bonchev–Trinajstić information content (AvgIpc) is 2.80. The normalized spacial score (nSPS) is 18.8. The van der Waals surface area contributed by atoms with Crippen molar-refractivity contribution in [2.75, 3.05) is 38.3 Å². The molecule has 1 aromatic rings. The molecule has 20 heavy (non-hydrogen) atoms. The van der Waals surface area contributed by atoms with E-state index in [-0.39, 0.29) is 12.2 Å². The van der Waals surface area contributed by atoms with Crippen LogP contribution in [0.1, 0.15) is 12.0 Å². The van der Waals surface area contributed by atoms with Crippen molar-refractivity contribution in [1.82, 2.24) is 5.32 Å². The van der Waals surface area contributed by atoms with E-state index in [1.54, 1.807) is 12.0 Å². The number of aliphatic hydroxyl groups is 1. The lowest BCUT2D eigenvalue weighted by molar-refractivity contribution is 0.198. The summed E-state index contributed by atoms with van der Waals surface area (Å²) >= 11 is 0. The zero-order valence-electron chi connectivity index (χ0n) is 11.5. The lowest BCUT2D eigenvalue weighted by atomic mass is 10.1. The fourth-order valence-corrected chi connectivity index (χ4v) is 2.37. The van der Waals surface area contributed by atoms with E-state index in [1.165, 1.54) is 12.1 Å². The number of hydrogen-bond donors (Lipinski definition) is 2. The highest BCUT2D eigenvalue weighted by atomic mass is 19.1. The second kappa shape index (κ2) is 6.97. The van der Waals surface area contributed by atoms with Gasteiger partial charge in [-0.05, 0) is 24.1 Å². The Hall–Kier alpha value is -1.24. The van der Waals surface area contributed by atoms with Gasteiger partial charge in [0.15, 0.2) is 0 Å². The molecule has 1 unspecified atom stereocenters. The number of methoxy groups -OCH3 is 1. The van der Waals surface area contributed by atoms with Gasteiger partial charge in [0.05, 0.1) is 12.7 Å². The van der Waals surface area contributed by atoms with E-state index in [0.717, 1.165) is 0 Å². The first-order valence-corrected chi connectivity index (χ1v) is 6.72. The topological polar surface area (TPSA) is 44.7 Å². The zero-order valence-corrected chi connectivity index (χ0v) is 11.5. The number of hydrogen-bond acceptors (Lipinski definition) is 4. The highest BCUT2D eigenvalue weighted by molar-refractivity contribution is 5.51. The fraction of sp³-hybridized carbons (Fsp3) is 0.571. The molecular weight excluding hydrogens is 266 g/mol. The van der Waals surface area contributed by atoms with Crippen molar-refractivity contribution in [3.63, 3.8) is 0 Å². The molecule has 1 aliphatic rings. The summed E-state index contributed by atoms with van der Waals surface area (Å²) in [5.74, 6) is -1.16. The molecule has 0 amide bonds. The summed E-state index contributed by atoms with van der Waals surface area (Å²) in [7, 11) is 1.60. The minimum Gasteiger partial charge on any atom is -0.391 e. The van der Waals surface area contributed by atoms with Gasteiger partial charge in [0, 0.05) is 33.3 Å². The molecule has 2 N–H and O–H groups in total. The van der Waals surface area contributed by atoms with Gasteiger partial charge in [0.2, 0.25) is 0 Å². The van der Waals surface area contributed by atoms with E-state index in [9.17, 15) is 13.9 Å². The standard InChI is InChI=1S/C14H20F2N2O2/c1-20-5-3-17-8-10-6-12(15)14(13(16)7-10)18-4-2-11(19)9-18/h6-7,11,17,19H,2-5,8-9H2,1H3. The molecular formula is C14H20F2N2O2. The maximum Gasteiger partial charge on any atom is 0.149 e. The van der Waals surface area contributed by atoms with Crippen molar-refractivity contribution < 1.29 is 18.6 Å². The molecule has 0 aromatic heterocycles. The zero-order chi connectivity index (χ0) is 14.5. The van der Waals surface area contributed by atoms with Gasteiger partial charge in [-0.25, -0.2) is 8.78 Å². The van der Waals surface area contributed by atoms with Gasteiger partial charge in [-0.15, -0.1) is 0 Å². The van der Waals surface area contributed by atoms with Crippen LogP contribution < -0.4 is 10.2 Å². The smallest absolute Gasteiger partial charge is 0.149 e. The minimum absolute atomic E-state index is 0.0396. The van der Waals surface area contributed by atoms with Crippen LogP contribution in [0.15, 0.2) is 12.1 Å². The number of nitrogens with one attached hydrogen (secondary N) is 1. The molecule has 0 radical (unpaired) electrons. The van der Waals surface area contributed by atoms with Crippen LogP contribution in [0, 0.1) is 11.6 Å². The van der Waals surface area contributed by atoms with E-state index in [4.69, 9.17) is 4.74 Å². The van der Waals surface area contributed by atoms with Crippen molar-refractivity contribution in [2.45, 2.75) is 19.1 Å². The number of benzene rings is 1. The van der Waals surface area contributed by atoms with Gasteiger partial charge in [0.1, 0.15) is 17.3 Å². The first kappa shape index (κ1) is 15.2. The molecule has 0 spiro atoms. The van der Waals surface area contributed by atoms with Crippen LogP contribution in [-0.2, 0) is 11.3 Å². The third kappa shape index (κ3) is 3.65. The Balaban J connectivity index is 2.04. The van der Waals surface area contributed by atoms with E-state index in [0.29, 0.717) is 38.2 Å². The summed E-state index contributed by atoms with van der Waals surface area (Å²) < 4.78 is 33.0. The second-order valence-corrected chi connectivity index (χ2v) is 4.97. The van der Waals surface area contributed by atoms with Crippen LogP contribution in [0.3, 0.4) is 0 Å². The van der Waals surface area contributed by atoms with E-state index >= 15 is 0 Å². The number of β-amino-alcohol motifs (C(OH)–C–C–N with tert-alkyl or cyclic N) is 1. The summed E-state index contributed by atoms with van der Waals surface area (Å²) in [5, 5.41) is 12.5. The third-order valence-corrected chi connectivity index (χ3v) is 3.37. The lowest BCUT2D eigenvalue weighted by Gasteiger charge is -2.20. The number of aliphatic hydroxyl groups excluding tert-OH is 1. The Morgan fingerprint density at radius 3 is 2.65 bits per heavy atom. The van der Waals surface area contributed by atoms with E-state index in [2.05, 4.69) is 5.32 Å². The summed E-state index contributed by atoms with van der Waals surface area (Å²) in [5.41, 5.74) is 0.516. The SMILES string of the molecule is COCCNCc1cc(F)c(N2CCC(O)C2)c(F)c1. The van der Waals surface area contributed by atoms with Gasteiger partial charge < -0.3 is 20.1 Å². The number of halogens is 2. The quantitative estimate of drug-likeness (QED) is 0.773. The predicted octanol–water partition coefficient (Wildman–Crippen LogP) is 1.27. The van der Waals surface area contributed by atoms with E-state index in [1.807, 2.05) is 0 Å². The van der Waals surface area contributed by atoms with Crippen molar-refractivity contribution in [3.05, 3.63) is 29.3 Å². The molecule has 0 bridgehead atoms.